The van der Waals surface area contributed by atoms with Crippen molar-refractivity contribution in [2.45, 2.75) is 37.8 Å². The van der Waals surface area contributed by atoms with E-state index in [0.717, 1.165) is 6.42 Å². The molecule has 0 atom stereocenters. The van der Waals surface area contributed by atoms with Crippen molar-refractivity contribution >= 4 is 9.84 Å². The fourth-order valence-corrected chi connectivity index (χ4v) is 3.01. The van der Waals surface area contributed by atoms with Gasteiger partial charge in [0.25, 0.3) is 0 Å². The van der Waals surface area contributed by atoms with Gasteiger partial charge in [-0.2, -0.15) is 22.0 Å². The van der Waals surface area contributed by atoms with Crippen LogP contribution in [0.4, 0.5) is 22.0 Å². The van der Waals surface area contributed by atoms with E-state index < -0.39 is 40.5 Å². The lowest BCUT2D eigenvalue weighted by Crippen LogP contribution is -2.36. The highest BCUT2D eigenvalue weighted by molar-refractivity contribution is 7.91. The summed E-state index contributed by atoms with van der Waals surface area (Å²) in [5, 5.41) is 2.98. The van der Waals surface area contributed by atoms with E-state index in [1.165, 1.54) is 0 Å². The van der Waals surface area contributed by atoms with Crippen molar-refractivity contribution in [2.24, 2.45) is 0 Å². The standard InChI is InChI=1S/C12H22F5NO3S/c1-21-8-3-6-18-7-4-10-22(19,20)9-2-5-11(13,14)12(15,16)17/h18H,2-10H2,1H3. The Morgan fingerprint density at radius 3 is 2.05 bits per heavy atom. The number of ether oxygens (including phenoxy) is 1. The molecule has 0 aromatic rings. The van der Waals surface area contributed by atoms with Gasteiger partial charge in [0.15, 0.2) is 0 Å². The molecule has 0 aliphatic rings. The highest BCUT2D eigenvalue weighted by Crippen LogP contribution is 2.38. The predicted molar refractivity (Wildman–Crippen MR) is 72.9 cm³/mol. The van der Waals surface area contributed by atoms with Gasteiger partial charge in [0.2, 0.25) is 0 Å². The number of rotatable bonds is 12. The molecule has 0 fully saturated rings. The van der Waals surface area contributed by atoms with Crippen molar-refractivity contribution in [3.8, 4) is 0 Å². The molecule has 22 heavy (non-hydrogen) atoms. The van der Waals surface area contributed by atoms with E-state index in [0.29, 0.717) is 19.7 Å². The summed E-state index contributed by atoms with van der Waals surface area (Å²) >= 11 is 0. The molecule has 134 valence electrons. The van der Waals surface area contributed by atoms with Crippen LogP contribution in [0.25, 0.3) is 0 Å². The summed E-state index contributed by atoms with van der Waals surface area (Å²) in [6, 6.07) is 0. The third-order valence-corrected chi connectivity index (χ3v) is 4.69. The second-order valence-corrected chi connectivity index (χ2v) is 7.21. The van der Waals surface area contributed by atoms with E-state index in [1.807, 2.05) is 0 Å². The summed E-state index contributed by atoms with van der Waals surface area (Å²) in [5.74, 6) is -5.74. The number of sulfone groups is 1. The topological polar surface area (TPSA) is 55.4 Å². The zero-order chi connectivity index (χ0) is 17.3. The van der Waals surface area contributed by atoms with Crippen molar-refractivity contribution in [2.75, 3.05) is 38.3 Å². The van der Waals surface area contributed by atoms with Crippen molar-refractivity contribution in [1.82, 2.24) is 5.32 Å². The molecule has 0 aliphatic heterocycles. The van der Waals surface area contributed by atoms with Crippen molar-refractivity contribution in [1.29, 1.82) is 0 Å². The Balaban J connectivity index is 3.88. The molecular weight excluding hydrogens is 333 g/mol. The zero-order valence-electron chi connectivity index (χ0n) is 12.4. The van der Waals surface area contributed by atoms with E-state index in [4.69, 9.17) is 4.74 Å². The summed E-state index contributed by atoms with van der Waals surface area (Å²) in [5.41, 5.74) is 0. The van der Waals surface area contributed by atoms with Crippen LogP contribution in [-0.2, 0) is 14.6 Å². The van der Waals surface area contributed by atoms with Gasteiger partial charge in [-0.05, 0) is 32.4 Å². The number of halogens is 5. The molecule has 0 rings (SSSR count). The first-order valence-electron chi connectivity index (χ1n) is 6.86. The van der Waals surface area contributed by atoms with Gasteiger partial charge >= 0.3 is 12.1 Å². The van der Waals surface area contributed by atoms with Gasteiger partial charge in [-0.3, -0.25) is 0 Å². The molecule has 0 amide bonds. The first-order valence-corrected chi connectivity index (χ1v) is 8.68. The summed E-state index contributed by atoms with van der Waals surface area (Å²) in [7, 11) is -2.05. The van der Waals surface area contributed by atoms with E-state index >= 15 is 0 Å². The summed E-state index contributed by atoms with van der Waals surface area (Å²) < 4.78 is 88.9. The number of nitrogens with one attached hydrogen (secondary N) is 1. The molecule has 0 unspecified atom stereocenters. The SMILES string of the molecule is COCCCNCCCS(=O)(=O)CCCC(F)(F)C(F)(F)F. The highest BCUT2D eigenvalue weighted by atomic mass is 32.2. The Morgan fingerprint density at radius 1 is 0.955 bits per heavy atom. The van der Waals surface area contributed by atoms with Crippen molar-refractivity contribution in [3.05, 3.63) is 0 Å². The van der Waals surface area contributed by atoms with Gasteiger partial charge in [-0.25, -0.2) is 8.42 Å². The van der Waals surface area contributed by atoms with Gasteiger partial charge in [-0.1, -0.05) is 0 Å². The number of hydrogen-bond donors (Lipinski definition) is 1. The van der Waals surface area contributed by atoms with Crippen molar-refractivity contribution in [3.63, 3.8) is 0 Å². The van der Waals surface area contributed by atoms with Crippen LogP contribution in [0.2, 0.25) is 0 Å². The third kappa shape index (κ3) is 9.52. The van der Waals surface area contributed by atoms with Crippen LogP contribution in [-0.4, -0.2) is 58.8 Å². The Hall–Kier alpha value is -0.480. The smallest absolute Gasteiger partial charge is 0.385 e. The summed E-state index contributed by atoms with van der Waals surface area (Å²) in [6.45, 7) is 1.67. The van der Waals surface area contributed by atoms with Gasteiger partial charge in [0, 0.05) is 20.1 Å². The Labute approximate surface area is 127 Å². The summed E-state index contributed by atoms with van der Waals surface area (Å²) in [4.78, 5) is 0. The predicted octanol–water partition coefficient (Wildman–Crippen LogP) is 2.40. The molecule has 0 heterocycles. The zero-order valence-corrected chi connectivity index (χ0v) is 13.2. The lowest BCUT2D eigenvalue weighted by molar-refractivity contribution is -0.284. The molecule has 0 spiro atoms. The molecule has 0 saturated heterocycles. The molecule has 0 bridgehead atoms. The van der Waals surface area contributed by atoms with Crippen LogP contribution in [0.5, 0.6) is 0 Å². The largest absolute Gasteiger partial charge is 0.453 e. The minimum Gasteiger partial charge on any atom is -0.385 e. The molecule has 0 saturated carbocycles. The molecule has 0 aromatic carbocycles. The van der Waals surface area contributed by atoms with Gasteiger partial charge < -0.3 is 10.1 Å². The van der Waals surface area contributed by atoms with Crippen LogP contribution in [0, 0.1) is 0 Å². The number of hydrogen-bond acceptors (Lipinski definition) is 4. The van der Waals surface area contributed by atoms with Crippen LogP contribution in [0.3, 0.4) is 0 Å². The molecule has 0 aromatic heterocycles. The molecular formula is C12H22F5NO3S. The molecule has 0 aliphatic carbocycles. The molecule has 0 radical (unpaired) electrons. The molecule has 10 heteroatoms. The fraction of sp³-hybridized carbons (Fsp3) is 1.00. The normalized spacial score (nSPS) is 13.5. The maximum Gasteiger partial charge on any atom is 0.453 e. The monoisotopic (exact) mass is 355 g/mol. The number of alkyl halides is 5. The van der Waals surface area contributed by atoms with E-state index in [-0.39, 0.29) is 12.2 Å². The van der Waals surface area contributed by atoms with Gasteiger partial charge in [0.1, 0.15) is 9.84 Å². The Kier molecular flexibility index (Phi) is 9.40. The quantitative estimate of drug-likeness (QED) is 0.431. The van der Waals surface area contributed by atoms with Crippen LogP contribution in [0.15, 0.2) is 0 Å². The van der Waals surface area contributed by atoms with E-state index in [2.05, 4.69) is 5.32 Å². The lowest BCUT2D eigenvalue weighted by Gasteiger charge is -2.19. The van der Waals surface area contributed by atoms with Crippen LogP contribution >= 0.6 is 0 Å². The van der Waals surface area contributed by atoms with Crippen LogP contribution < -0.4 is 5.32 Å². The minimum atomic E-state index is -5.64. The average molecular weight is 355 g/mol. The summed E-state index contributed by atoms with van der Waals surface area (Å²) in [6.07, 6.45) is -6.80. The molecule has 4 nitrogen and oxygen atoms in total. The van der Waals surface area contributed by atoms with Gasteiger partial charge in [-0.15, -0.1) is 0 Å². The second kappa shape index (κ2) is 9.61. The van der Waals surface area contributed by atoms with Gasteiger partial charge in [0.05, 0.1) is 11.5 Å². The second-order valence-electron chi connectivity index (χ2n) is 4.91. The fourth-order valence-electron chi connectivity index (χ4n) is 1.64. The van der Waals surface area contributed by atoms with Crippen LogP contribution in [0.1, 0.15) is 25.7 Å². The minimum absolute atomic E-state index is 0.234. The first kappa shape index (κ1) is 21.5. The maximum absolute atomic E-state index is 12.6. The molecule has 1 N–H and O–H groups in total. The van der Waals surface area contributed by atoms with E-state index in [1.54, 1.807) is 7.11 Å². The van der Waals surface area contributed by atoms with Crippen molar-refractivity contribution < 1.29 is 35.1 Å². The third-order valence-electron chi connectivity index (χ3n) is 2.87. The maximum atomic E-state index is 12.6. The number of methoxy groups -OCH3 is 1. The van der Waals surface area contributed by atoms with E-state index in [9.17, 15) is 30.4 Å². The Bertz CT molecular complexity index is 398. The average Bonchev–Trinajstić information content (AvgIpc) is 2.35. The highest BCUT2D eigenvalue weighted by Gasteiger charge is 2.56. The first-order chi connectivity index (χ1) is 10.0. The lowest BCUT2D eigenvalue weighted by atomic mass is 10.2. The Morgan fingerprint density at radius 2 is 1.50 bits per heavy atom.